The number of methoxy groups -OCH3 is 3. The lowest BCUT2D eigenvalue weighted by Gasteiger charge is -2.36. The van der Waals surface area contributed by atoms with Gasteiger partial charge in [-0.15, -0.1) is 0 Å². The van der Waals surface area contributed by atoms with Crippen molar-refractivity contribution in [3.63, 3.8) is 0 Å². The summed E-state index contributed by atoms with van der Waals surface area (Å²) in [6.45, 7) is 2.30. The molecule has 0 saturated carbocycles. The first kappa shape index (κ1) is 21.7. The highest BCUT2D eigenvalue weighted by Crippen LogP contribution is 2.28. The highest BCUT2D eigenvalue weighted by atomic mass is 16.5. The molecular formula is C26H29N3O3. The summed E-state index contributed by atoms with van der Waals surface area (Å²) in [7, 11) is 5.00. The topological polar surface area (TPSA) is 46.5 Å². The van der Waals surface area contributed by atoms with Crippen LogP contribution < -0.4 is 19.1 Å². The van der Waals surface area contributed by atoms with Gasteiger partial charge in [-0.25, -0.2) is 0 Å². The normalized spacial score (nSPS) is 14.1. The maximum absolute atomic E-state index is 5.45. The van der Waals surface area contributed by atoms with Crippen LogP contribution in [-0.2, 0) is 6.42 Å². The van der Waals surface area contributed by atoms with Crippen LogP contribution in [0.5, 0.6) is 17.2 Å². The Kier molecular flexibility index (Phi) is 6.92. The first-order valence-corrected chi connectivity index (χ1v) is 10.7. The molecule has 0 radical (unpaired) electrons. The third-order valence-electron chi connectivity index (χ3n) is 5.60. The Morgan fingerprint density at radius 2 is 1.56 bits per heavy atom. The number of ether oxygens (including phenoxy) is 3. The van der Waals surface area contributed by atoms with E-state index in [1.807, 2.05) is 42.5 Å². The summed E-state index contributed by atoms with van der Waals surface area (Å²) in [6.07, 6.45) is 0.896. The van der Waals surface area contributed by atoms with Crippen molar-refractivity contribution in [3.8, 4) is 17.2 Å². The van der Waals surface area contributed by atoms with E-state index in [1.54, 1.807) is 21.3 Å². The molecule has 0 fully saturated rings. The molecule has 166 valence electrons. The van der Waals surface area contributed by atoms with Gasteiger partial charge in [-0.05, 0) is 48.4 Å². The summed E-state index contributed by atoms with van der Waals surface area (Å²) in [4.78, 5) is 9.54. The largest absolute Gasteiger partial charge is 0.497 e. The van der Waals surface area contributed by atoms with Gasteiger partial charge in [0.15, 0.2) is 11.5 Å². The van der Waals surface area contributed by atoms with Crippen molar-refractivity contribution in [1.29, 1.82) is 0 Å². The Bertz CT molecular complexity index is 1050. The monoisotopic (exact) mass is 431 g/mol. The van der Waals surface area contributed by atoms with Crippen LogP contribution in [0.2, 0.25) is 0 Å². The highest BCUT2D eigenvalue weighted by Gasteiger charge is 2.23. The van der Waals surface area contributed by atoms with E-state index in [0.29, 0.717) is 6.67 Å². The molecule has 0 spiro atoms. The minimum Gasteiger partial charge on any atom is -0.497 e. The van der Waals surface area contributed by atoms with E-state index in [1.165, 1.54) is 5.56 Å². The zero-order valence-corrected chi connectivity index (χ0v) is 18.8. The summed E-state index contributed by atoms with van der Waals surface area (Å²) in [5.74, 6) is 3.33. The van der Waals surface area contributed by atoms with Gasteiger partial charge in [0, 0.05) is 17.8 Å². The van der Waals surface area contributed by atoms with E-state index < -0.39 is 0 Å². The fourth-order valence-corrected chi connectivity index (χ4v) is 3.83. The van der Waals surface area contributed by atoms with Gasteiger partial charge in [0.2, 0.25) is 0 Å². The Balaban J connectivity index is 1.53. The molecule has 3 aromatic carbocycles. The molecule has 1 aliphatic rings. The van der Waals surface area contributed by atoms with Gasteiger partial charge < -0.3 is 19.1 Å². The van der Waals surface area contributed by atoms with E-state index >= 15 is 0 Å². The molecule has 32 heavy (non-hydrogen) atoms. The predicted molar refractivity (Wildman–Crippen MR) is 128 cm³/mol. The zero-order chi connectivity index (χ0) is 22.3. The van der Waals surface area contributed by atoms with Gasteiger partial charge in [-0.1, -0.05) is 36.4 Å². The third kappa shape index (κ3) is 4.86. The molecule has 0 saturated heterocycles. The van der Waals surface area contributed by atoms with Crippen molar-refractivity contribution in [2.45, 2.75) is 6.42 Å². The standard InChI is InChI=1S/C26H29N3O3/c1-30-23-12-10-22(11-13-23)29-19-28(18-27-26(29)21-7-5-4-6-8-21)16-15-20-9-14-24(31-2)25(17-20)32-3/h4-14,17H,15-16,18-19H2,1-3H3. The van der Waals surface area contributed by atoms with Crippen molar-refractivity contribution in [2.24, 2.45) is 4.99 Å². The lowest BCUT2D eigenvalue weighted by molar-refractivity contribution is 0.284. The molecule has 0 N–H and O–H groups in total. The van der Waals surface area contributed by atoms with Gasteiger partial charge in [0.1, 0.15) is 11.6 Å². The molecule has 0 atom stereocenters. The highest BCUT2D eigenvalue weighted by molar-refractivity contribution is 6.10. The molecular weight excluding hydrogens is 402 g/mol. The lowest BCUT2D eigenvalue weighted by Crippen LogP contribution is -2.47. The van der Waals surface area contributed by atoms with Crippen LogP contribution in [-0.4, -0.2) is 51.9 Å². The zero-order valence-electron chi connectivity index (χ0n) is 18.8. The molecule has 1 heterocycles. The second-order valence-corrected chi connectivity index (χ2v) is 7.59. The fraction of sp³-hybridized carbons (Fsp3) is 0.269. The van der Waals surface area contributed by atoms with Gasteiger partial charge in [-0.2, -0.15) is 0 Å². The number of rotatable bonds is 8. The van der Waals surface area contributed by atoms with Gasteiger partial charge in [0.25, 0.3) is 0 Å². The number of hydrogen-bond acceptors (Lipinski definition) is 6. The fourth-order valence-electron chi connectivity index (χ4n) is 3.83. The number of anilines is 1. The second-order valence-electron chi connectivity index (χ2n) is 7.59. The number of amidine groups is 1. The van der Waals surface area contributed by atoms with Crippen molar-refractivity contribution in [1.82, 2.24) is 4.90 Å². The molecule has 0 unspecified atom stereocenters. The van der Waals surface area contributed by atoms with Crippen LogP contribution in [0, 0.1) is 0 Å². The maximum Gasteiger partial charge on any atom is 0.160 e. The SMILES string of the molecule is COc1ccc(N2CN(CCc3ccc(OC)c(OC)c3)CN=C2c2ccccc2)cc1. The lowest BCUT2D eigenvalue weighted by atomic mass is 10.1. The molecule has 6 nitrogen and oxygen atoms in total. The quantitative estimate of drug-likeness (QED) is 0.528. The Labute approximate surface area is 189 Å². The van der Waals surface area contributed by atoms with E-state index in [4.69, 9.17) is 19.2 Å². The Morgan fingerprint density at radius 1 is 0.812 bits per heavy atom. The molecule has 6 heteroatoms. The molecule has 3 aromatic rings. The summed E-state index contributed by atoms with van der Waals surface area (Å²) in [5, 5.41) is 0. The smallest absolute Gasteiger partial charge is 0.160 e. The van der Waals surface area contributed by atoms with E-state index in [-0.39, 0.29) is 0 Å². The summed E-state index contributed by atoms with van der Waals surface area (Å²) < 4.78 is 16.1. The van der Waals surface area contributed by atoms with Crippen LogP contribution in [0.1, 0.15) is 11.1 Å². The number of benzene rings is 3. The average Bonchev–Trinajstić information content (AvgIpc) is 2.87. The van der Waals surface area contributed by atoms with Gasteiger partial charge in [0.05, 0.1) is 34.7 Å². The van der Waals surface area contributed by atoms with E-state index in [9.17, 15) is 0 Å². The molecule has 0 bridgehead atoms. The second kappa shape index (κ2) is 10.2. The number of hydrogen-bond donors (Lipinski definition) is 0. The van der Waals surface area contributed by atoms with Crippen molar-refractivity contribution in [2.75, 3.05) is 46.1 Å². The van der Waals surface area contributed by atoms with Crippen LogP contribution >= 0.6 is 0 Å². The van der Waals surface area contributed by atoms with Crippen molar-refractivity contribution < 1.29 is 14.2 Å². The maximum atomic E-state index is 5.45. The minimum atomic E-state index is 0.657. The summed E-state index contributed by atoms with van der Waals surface area (Å²) in [6, 6.07) is 24.6. The van der Waals surface area contributed by atoms with Crippen molar-refractivity contribution in [3.05, 3.63) is 83.9 Å². The molecule has 0 aromatic heterocycles. The first-order chi connectivity index (χ1) is 15.7. The summed E-state index contributed by atoms with van der Waals surface area (Å²) >= 11 is 0. The third-order valence-corrected chi connectivity index (χ3v) is 5.60. The number of nitrogens with zero attached hydrogens (tertiary/aromatic N) is 3. The predicted octanol–water partition coefficient (Wildman–Crippen LogP) is 4.44. The molecule has 0 aliphatic carbocycles. The van der Waals surface area contributed by atoms with Crippen LogP contribution in [0.3, 0.4) is 0 Å². The molecule has 1 aliphatic heterocycles. The molecule has 4 rings (SSSR count). The van der Waals surface area contributed by atoms with E-state index in [2.05, 4.69) is 40.1 Å². The first-order valence-electron chi connectivity index (χ1n) is 10.7. The minimum absolute atomic E-state index is 0.657. The van der Waals surface area contributed by atoms with E-state index in [0.717, 1.165) is 54.0 Å². The van der Waals surface area contributed by atoms with Crippen LogP contribution in [0.15, 0.2) is 77.8 Å². The van der Waals surface area contributed by atoms with Crippen molar-refractivity contribution >= 4 is 11.5 Å². The Morgan fingerprint density at radius 3 is 2.25 bits per heavy atom. The van der Waals surface area contributed by atoms with Crippen LogP contribution in [0.25, 0.3) is 0 Å². The Hall–Kier alpha value is -3.51. The average molecular weight is 432 g/mol. The van der Waals surface area contributed by atoms with Crippen LogP contribution in [0.4, 0.5) is 5.69 Å². The summed E-state index contributed by atoms with van der Waals surface area (Å²) in [5.41, 5.74) is 3.41. The number of aliphatic imine (C=N–C) groups is 1. The van der Waals surface area contributed by atoms with Gasteiger partial charge in [-0.3, -0.25) is 9.89 Å². The van der Waals surface area contributed by atoms with Gasteiger partial charge >= 0.3 is 0 Å². The molecule has 0 amide bonds.